The fourth-order valence-corrected chi connectivity index (χ4v) is 2.00. The van der Waals surface area contributed by atoms with Crippen molar-refractivity contribution in [3.05, 3.63) is 41.3 Å². The molecule has 2 rings (SSSR count). The summed E-state index contributed by atoms with van der Waals surface area (Å²) in [5.41, 5.74) is 0.953. The summed E-state index contributed by atoms with van der Waals surface area (Å²) in [6.45, 7) is 2.38. The lowest BCUT2D eigenvalue weighted by atomic mass is 10.2. The lowest BCUT2D eigenvalue weighted by Crippen LogP contribution is -2.39. The number of nitrogens with one attached hydrogen (secondary N) is 1. The highest BCUT2D eigenvalue weighted by Gasteiger charge is 2.39. The van der Waals surface area contributed by atoms with Crippen LogP contribution < -0.4 is 5.32 Å². The molecule has 21 heavy (non-hydrogen) atoms. The molecule has 0 radical (unpaired) electrons. The van der Waals surface area contributed by atoms with E-state index >= 15 is 0 Å². The highest BCUT2D eigenvalue weighted by Crippen LogP contribution is 2.22. The average molecular weight is 294 g/mol. The number of benzene rings is 1. The van der Waals surface area contributed by atoms with Gasteiger partial charge in [-0.1, -0.05) is 12.1 Å². The molecule has 0 aromatic heterocycles. The van der Waals surface area contributed by atoms with Crippen LogP contribution in [0.1, 0.15) is 12.5 Å². The minimum atomic E-state index is -0.647. The van der Waals surface area contributed by atoms with E-state index in [9.17, 15) is 15.0 Å². The van der Waals surface area contributed by atoms with Crippen LogP contribution >= 0.6 is 0 Å². The van der Waals surface area contributed by atoms with Gasteiger partial charge in [0, 0.05) is 13.6 Å². The number of aromatic hydroxyl groups is 1. The van der Waals surface area contributed by atoms with Crippen molar-refractivity contribution in [1.29, 1.82) is 0 Å². The Morgan fingerprint density at radius 2 is 2.10 bits per heavy atom. The van der Waals surface area contributed by atoms with Crippen molar-refractivity contribution in [1.82, 2.24) is 10.4 Å². The number of likely N-dealkylation sites (N-methyl/N-ethyl adjacent to an activating group) is 1. The number of carbonyl (C=O) groups is 1. The van der Waals surface area contributed by atoms with Crippen LogP contribution in [0.25, 0.3) is 0 Å². The van der Waals surface area contributed by atoms with E-state index in [4.69, 9.17) is 9.57 Å². The summed E-state index contributed by atoms with van der Waals surface area (Å²) in [5, 5.41) is 23.4. The van der Waals surface area contributed by atoms with Crippen LogP contribution in [0.3, 0.4) is 0 Å². The molecule has 1 fully saturated rings. The summed E-state index contributed by atoms with van der Waals surface area (Å²) in [6, 6.07) is 6.66. The van der Waals surface area contributed by atoms with Gasteiger partial charge < -0.3 is 19.8 Å². The Kier molecular flexibility index (Phi) is 4.66. The second-order valence-corrected chi connectivity index (χ2v) is 4.53. The van der Waals surface area contributed by atoms with E-state index in [0.717, 1.165) is 5.56 Å². The zero-order valence-electron chi connectivity index (χ0n) is 11.9. The molecule has 1 saturated heterocycles. The molecule has 0 amide bonds. The zero-order chi connectivity index (χ0) is 15.4. The fourth-order valence-electron chi connectivity index (χ4n) is 2.00. The van der Waals surface area contributed by atoms with Crippen molar-refractivity contribution in [3.8, 4) is 5.75 Å². The number of hydrogen-bond donors (Lipinski definition) is 3. The maximum absolute atomic E-state index is 11.7. The molecule has 0 bridgehead atoms. The van der Waals surface area contributed by atoms with Crippen LogP contribution in [0.15, 0.2) is 35.8 Å². The summed E-state index contributed by atoms with van der Waals surface area (Å²) >= 11 is 0. The number of aliphatic hydroxyl groups excluding tert-OH is 1. The predicted octanol–water partition coefficient (Wildman–Crippen LogP) is 1.02. The first-order valence-electron chi connectivity index (χ1n) is 6.55. The zero-order valence-corrected chi connectivity index (χ0v) is 11.9. The van der Waals surface area contributed by atoms with Gasteiger partial charge in [0.05, 0.1) is 6.61 Å². The molecular formula is C14H18N2O5. The Balaban J connectivity index is 2.10. The SMILES string of the molecule is CCO/C(O)=C1/C(=O)ON(C)C1NCc1ccc(O)cc1. The van der Waals surface area contributed by atoms with Crippen LogP contribution in [-0.2, 0) is 20.9 Å². The molecule has 1 aromatic rings. The number of phenolic OH excluding ortho intramolecular Hbond substituents is 1. The van der Waals surface area contributed by atoms with E-state index in [-0.39, 0.29) is 17.9 Å². The van der Waals surface area contributed by atoms with Gasteiger partial charge in [0.15, 0.2) is 5.57 Å². The summed E-state index contributed by atoms with van der Waals surface area (Å²) in [7, 11) is 1.58. The fraction of sp³-hybridized carbons (Fsp3) is 0.357. The molecular weight excluding hydrogens is 276 g/mol. The van der Waals surface area contributed by atoms with Gasteiger partial charge in [-0.2, -0.15) is 0 Å². The third-order valence-electron chi connectivity index (χ3n) is 3.03. The Morgan fingerprint density at radius 1 is 1.43 bits per heavy atom. The van der Waals surface area contributed by atoms with Crippen LogP contribution in [0.2, 0.25) is 0 Å². The smallest absolute Gasteiger partial charge is 0.363 e. The van der Waals surface area contributed by atoms with E-state index in [1.165, 1.54) is 5.06 Å². The Bertz CT molecular complexity index is 541. The van der Waals surface area contributed by atoms with Gasteiger partial charge in [-0.05, 0) is 24.6 Å². The molecule has 114 valence electrons. The lowest BCUT2D eigenvalue weighted by Gasteiger charge is -2.18. The second kappa shape index (κ2) is 6.47. The van der Waals surface area contributed by atoms with Crippen molar-refractivity contribution in [3.63, 3.8) is 0 Å². The topological polar surface area (TPSA) is 91.3 Å². The molecule has 7 heteroatoms. The van der Waals surface area contributed by atoms with Crippen LogP contribution in [0, 0.1) is 0 Å². The molecule has 0 spiro atoms. The molecule has 0 aliphatic carbocycles. The Morgan fingerprint density at radius 3 is 2.71 bits per heavy atom. The summed E-state index contributed by atoms with van der Waals surface area (Å²) < 4.78 is 4.98. The van der Waals surface area contributed by atoms with Gasteiger partial charge >= 0.3 is 5.97 Å². The van der Waals surface area contributed by atoms with Gasteiger partial charge in [-0.15, -0.1) is 5.06 Å². The Hall–Kier alpha value is -2.25. The number of nitrogens with zero attached hydrogens (tertiary/aromatic N) is 1. The average Bonchev–Trinajstić information content (AvgIpc) is 2.72. The van der Waals surface area contributed by atoms with Gasteiger partial charge in [0.2, 0.25) is 0 Å². The minimum Gasteiger partial charge on any atom is -0.508 e. The van der Waals surface area contributed by atoms with E-state index in [1.54, 1.807) is 38.2 Å². The molecule has 1 aliphatic rings. The van der Waals surface area contributed by atoms with Gasteiger partial charge in [-0.25, -0.2) is 4.79 Å². The first-order chi connectivity index (χ1) is 10.0. The van der Waals surface area contributed by atoms with E-state index in [0.29, 0.717) is 6.54 Å². The van der Waals surface area contributed by atoms with E-state index in [1.807, 2.05) is 0 Å². The predicted molar refractivity (Wildman–Crippen MR) is 73.9 cm³/mol. The highest BCUT2D eigenvalue weighted by molar-refractivity contribution is 5.91. The summed E-state index contributed by atoms with van der Waals surface area (Å²) in [6.07, 6.45) is -0.613. The molecule has 1 heterocycles. The molecule has 1 atom stereocenters. The number of rotatable bonds is 5. The van der Waals surface area contributed by atoms with E-state index in [2.05, 4.69) is 5.32 Å². The number of hydroxylamine groups is 2. The maximum Gasteiger partial charge on any atom is 0.363 e. The second-order valence-electron chi connectivity index (χ2n) is 4.53. The first kappa shape index (κ1) is 15.1. The quantitative estimate of drug-likeness (QED) is 0.551. The third kappa shape index (κ3) is 3.45. The molecule has 3 N–H and O–H groups in total. The third-order valence-corrected chi connectivity index (χ3v) is 3.03. The largest absolute Gasteiger partial charge is 0.508 e. The summed E-state index contributed by atoms with van der Waals surface area (Å²) in [4.78, 5) is 16.7. The summed E-state index contributed by atoms with van der Waals surface area (Å²) in [5.74, 6) is -0.897. The maximum atomic E-state index is 11.7. The van der Waals surface area contributed by atoms with Crippen LogP contribution in [0.5, 0.6) is 5.75 Å². The van der Waals surface area contributed by atoms with Crippen molar-refractivity contribution in [2.75, 3.05) is 13.7 Å². The van der Waals surface area contributed by atoms with Crippen LogP contribution in [0.4, 0.5) is 0 Å². The number of phenols is 1. The monoisotopic (exact) mass is 294 g/mol. The normalized spacial score (nSPS) is 21.2. The minimum absolute atomic E-state index is 0.0399. The molecule has 1 aliphatic heterocycles. The molecule has 7 nitrogen and oxygen atoms in total. The highest BCUT2D eigenvalue weighted by atomic mass is 16.7. The molecule has 1 aromatic carbocycles. The molecule has 0 saturated carbocycles. The van der Waals surface area contributed by atoms with Gasteiger partial charge in [0.1, 0.15) is 11.9 Å². The van der Waals surface area contributed by atoms with Crippen LogP contribution in [-0.4, -0.2) is 41.1 Å². The standard InChI is InChI=1S/C14H18N2O5/c1-3-20-13(18)11-12(16(2)21-14(11)19)15-8-9-4-6-10(17)7-5-9/h4-7,12,15,17-18H,3,8H2,1-2H3/b13-11+. The van der Waals surface area contributed by atoms with Crippen molar-refractivity contribution in [2.45, 2.75) is 19.6 Å². The number of aliphatic hydroxyl groups is 1. The van der Waals surface area contributed by atoms with Crippen molar-refractivity contribution < 1.29 is 24.6 Å². The number of ether oxygens (including phenoxy) is 1. The lowest BCUT2D eigenvalue weighted by molar-refractivity contribution is -0.169. The number of carbonyl (C=O) groups excluding carboxylic acids is 1. The van der Waals surface area contributed by atoms with E-state index < -0.39 is 18.1 Å². The Labute approximate surface area is 122 Å². The van der Waals surface area contributed by atoms with Gasteiger partial charge in [-0.3, -0.25) is 5.32 Å². The van der Waals surface area contributed by atoms with Crippen molar-refractivity contribution >= 4 is 5.97 Å². The van der Waals surface area contributed by atoms with Gasteiger partial charge in [0.25, 0.3) is 5.95 Å². The first-order valence-corrected chi connectivity index (χ1v) is 6.55. The number of hydrogen-bond acceptors (Lipinski definition) is 7. The van der Waals surface area contributed by atoms with Crippen molar-refractivity contribution in [2.24, 2.45) is 0 Å². The molecule has 1 unspecified atom stereocenters.